The van der Waals surface area contributed by atoms with Gasteiger partial charge in [-0.15, -0.1) is 0 Å². The van der Waals surface area contributed by atoms with Gasteiger partial charge in [0, 0.05) is 22.5 Å². The molecule has 0 amide bonds. The van der Waals surface area contributed by atoms with E-state index in [-0.39, 0.29) is 0 Å². The van der Waals surface area contributed by atoms with Gasteiger partial charge in [0.15, 0.2) is 0 Å². The van der Waals surface area contributed by atoms with Crippen molar-refractivity contribution in [3.63, 3.8) is 0 Å². The number of aromatic nitrogens is 1. The molecule has 6 rings (SSSR count). The summed E-state index contributed by atoms with van der Waals surface area (Å²) in [7, 11) is 1.71. The number of para-hydroxylation sites is 1. The molecule has 0 N–H and O–H groups in total. The zero-order valence-electron chi connectivity index (χ0n) is 18.4. The number of fused-ring (bicyclic) bond motifs is 3. The van der Waals surface area contributed by atoms with Crippen LogP contribution in [0.25, 0.3) is 49.7 Å². The van der Waals surface area contributed by atoms with Gasteiger partial charge in [0.2, 0.25) is 0 Å². The molecule has 33 heavy (non-hydrogen) atoms. The summed E-state index contributed by atoms with van der Waals surface area (Å²) >= 11 is 0. The lowest BCUT2D eigenvalue weighted by Gasteiger charge is -2.10. The molecule has 0 saturated heterocycles. The van der Waals surface area contributed by atoms with Crippen molar-refractivity contribution >= 4 is 21.8 Å². The second kappa shape index (κ2) is 7.99. The van der Waals surface area contributed by atoms with Gasteiger partial charge in [0.1, 0.15) is 5.75 Å². The Hall–Kier alpha value is -4.30. The van der Waals surface area contributed by atoms with E-state index in [2.05, 4.69) is 114 Å². The number of hydrogen-bond acceptors (Lipinski definition) is 1. The molecule has 1 aromatic heterocycles. The zero-order valence-corrected chi connectivity index (χ0v) is 18.4. The average Bonchev–Trinajstić information content (AvgIpc) is 3.23. The number of ether oxygens (including phenoxy) is 1. The molecule has 0 unspecified atom stereocenters. The molecule has 158 valence electrons. The first-order chi connectivity index (χ1) is 16.3. The molecule has 0 fully saturated rings. The Balaban J connectivity index is 1.50. The first-order valence-electron chi connectivity index (χ1n) is 11.2. The third kappa shape index (κ3) is 3.37. The lowest BCUT2D eigenvalue weighted by molar-refractivity contribution is 0.414. The highest BCUT2D eigenvalue weighted by Gasteiger charge is 2.13. The molecule has 0 spiro atoms. The van der Waals surface area contributed by atoms with E-state index in [4.69, 9.17) is 4.74 Å². The van der Waals surface area contributed by atoms with Gasteiger partial charge in [-0.2, -0.15) is 0 Å². The first kappa shape index (κ1) is 19.4. The first-order valence-corrected chi connectivity index (χ1v) is 11.2. The normalized spacial score (nSPS) is 11.2. The van der Waals surface area contributed by atoms with Gasteiger partial charge in [0.25, 0.3) is 0 Å². The fourth-order valence-corrected chi connectivity index (χ4v) is 4.67. The van der Waals surface area contributed by atoms with Crippen LogP contribution in [0.1, 0.15) is 0 Å². The van der Waals surface area contributed by atoms with Crippen molar-refractivity contribution in [2.45, 2.75) is 0 Å². The van der Waals surface area contributed by atoms with E-state index in [0.717, 1.165) is 11.4 Å². The van der Waals surface area contributed by atoms with Crippen LogP contribution in [0.2, 0.25) is 0 Å². The number of methoxy groups -OCH3 is 1. The molecule has 2 heteroatoms. The summed E-state index contributed by atoms with van der Waals surface area (Å²) in [6, 6.07) is 42.9. The third-order valence-corrected chi connectivity index (χ3v) is 6.31. The van der Waals surface area contributed by atoms with Gasteiger partial charge in [-0.05, 0) is 52.6 Å². The minimum Gasteiger partial charge on any atom is -0.497 e. The SMILES string of the molecule is COc1cccc(-n2c3ccccc3c3cc(-c4ccc(-c5ccccc5)cc4)ccc32)c1. The molecule has 6 aromatic rings. The molecular weight excluding hydrogens is 402 g/mol. The Morgan fingerprint density at radius 1 is 0.485 bits per heavy atom. The highest BCUT2D eigenvalue weighted by molar-refractivity contribution is 6.10. The lowest BCUT2D eigenvalue weighted by Crippen LogP contribution is -1.94. The van der Waals surface area contributed by atoms with E-state index in [0.29, 0.717) is 0 Å². The standard InChI is InChI=1S/C31H23NO/c1-33-27-11-7-10-26(21-27)32-30-13-6-5-12-28(30)29-20-25(18-19-31(29)32)24-16-14-23(15-17-24)22-8-3-2-4-9-22/h2-21H,1H3. The average molecular weight is 426 g/mol. The number of benzene rings is 5. The van der Waals surface area contributed by atoms with Crippen molar-refractivity contribution in [2.24, 2.45) is 0 Å². The molecule has 0 aliphatic rings. The Bertz CT molecular complexity index is 1580. The fourth-order valence-electron chi connectivity index (χ4n) is 4.67. The van der Waals surface area contributed by atoms with E-state index < -0.39 is 0 Å². The Kier molecular flexibility index (Phi) is 4.70. The smallest absolute Gasteiger partial charge is 0.120 e. The number of rotatable bonds is 4. The zero-order chi connectivity index (χ0) is 22.2. The molecule has 0 aliphatic heterocycles. The second-order valence-electron chi connectivity index (χ2n) is 8.23. The van der Waals surface area contributed by atoms with Gasteiger partial charge in [0.05, 0.1) is 18.1 Å². The van der Waals surface area contributed by atoms with Gasteiger partial charge in [-0.1, -0.05) is 84.9 Å². The lowest BCUT2D eigenvalue weighted by atomic mass is 9.99. The molecule has 5 aromatic carbocycles. The molecular formula is C31H23NO. The summed E-state index contributed by atoms with van der Waals surface area (Å²) in [6.07, 6.45) is 0. The van der Waals surface area contributed by atoms with Crippen molar-refractivity contribution in [2.75, 3.05) is 7.11 Å². The summed E-state index contributed by atoms with van der Waals surface area (Å²) in [5, 5.41) is 2.50. The maximum absolute atomic E-state index is 5.48. The van der Waals surface area contributed by atoms with Crippen molar-refractivity contribution < 1.29 is 4.74 Å². The summed E-state index contributed by atoms with van der Waals surface area (Å²) in [5.74, 6) is 0.855. The second-order valence-corrected chi connectivity index (χ2v) is 8.23. The van der Waals surface area contributed by atoms with Crippen molar-refractivity contribution in [3.05, 3.63) is 121 Å². The Morgan fingerprint density at radius 2 is 1.12 bits per heavy atom. The van der Waals surface area contributed by atoms with Crippen molar-refractivity contribution in [3.8, 4) is 33.7 Å². The molecule has 0 radical (unpaired) electrons. The predicted molar refractivity (Wildman–Crippen MR) is 138 cm³/mol. The van der Waals surface area contributed by atoms with E-state index in [9.17, 15) is 0 Å². The van der Waals surface area contributed by atoms with Crippen LogP contribution in [-0.4, -0.2) is 11.7 Å². The minimum absolute atomic E-state index is 0.855. The largest absolute Gasteiger partial charge is 0.497 e. The molecule has 0 saturated carbocycles. The van der Waals surface area contributed by atoms with Crippen LogP contribution in [0.15, 0.2) is 121 Å². The summed E-state index contributed by atoms with van der Waals surface area (Å²) in [4.78, 5) is 0. The predicted octanol–water partition coefficient (Wildman–Crippen LogP) is 8.13. The van der Waals surface area contributed by atoms with Crippen LogP contribution in [0.5, 0.6) is 5.75 Å². The molecule has 0 aliphatic carbocycles. The molecule has 1 heterocycles. The Labute approximate surface area is 193 Å². The maximum Gasteiger partial charge on any atom is 0.120 e. The topological polar surface area (TPSA) is 14.2 Å². The summed E-state index contributed by atoms with van der Waals surface area (Å²) < 4.78 is 7.80. The van der Waals surface area contributed by atoms with Crippen molar-refractivity contribution in [1.29, 1.82) is 0 Å². The van der Waals surface area contributed by atoms with Gasteiger partial charge in [-0.3, -0.25) is 0 Å². The maximum atomic E-state index is 5.48. The third-order valence-electron chi connectivity index (χ3n) is 6.31. The van der Waals surface area contributed by atoms with E-state index in [1.54, 1.807) is 7.11 Å². The van der Waals surface area contributed by atoms with Gasteiger partial charge >= 0.3 is 0 Å². The van der Waals surface area contributed by atoms with E-state index in [1.807, 2.05) is 12.1 Å². The summed E-state index contributed by atoms with van der Waals surface area (Å²) in [6.45, 7) is 0. The van der Waals surface area contributed by atoms with Crippen LogP contribution in [0.4, 0.5) is 0 Å². The van der Waals surface area contributed by atoms with E-state index >= 15 is 0 Å². The van der Waals surface area contributed by atoms with Crippen LogP contribution < -0.4 is 4.74 Å². The van der Waals surface area contributed by atoms with Crippen LogP contribution in [-0.2, 0) is 0 Å². The number of nitrogens with zero attached hydrogens (tertiary/aromatic N) is 1. The van der Waals surface area contributed by atoms with Gasteiger partial charge < -0.3 is 9.30 Å². The molecule has 0 bridgehead atoms. The molecule has 2 nitrogen and oxygen atoms in total. The monoisotopic (exact) mass is 425 g/mol. The van der Waals surface area contributed by atoms with Crippen LogP contribution in [0.3, 0.4) is 0 Å². The highest BCUT2D eigenvalue weighted by Crippen LogP contribution is 2.35. The quantitative estimate of drug-likeness (QED) is 0.278. The fraction of sp³-hybridized carbons (Fsp3) is 0.0323. The summed E-state index contributed by atoms with van der Waals surface area (Å²) in [5.41, 5.74) is 8.38. The van der Waals surface area contributed by atoms with Crippen LogP contribution in [0, 0.1) is 0 Å². The van der Waals surface area contributed by atoms with E-state index in [1.165, 1.54) is 44.1 Å². The highest BCUT2D eigenvalue weighted by atomic mass is 16.5. The van der Waals surface area contributed by atoms with Crippen LogP contribution >= 0.6 is 0 Å². The van der Waals surface area contributed by atoms with Gasteiger partial charge in [-0.25, -0.2) is 0 Å². The number of hydrogen-bond donors (Lipinski definition) is 0. The molecule has 0 atom stereocenters. The Morgan fingerprint density at radius 3 is 1.91 bits per heavy atom. The van der Waals surface area contributed by atoms with Crippen molar-refractivity contribution in [1.82, 2.24) is 4.57 Å². The minimum atomic E-state index is 0.855.